The molecule has 0 radical (unpaired) electrons. The molecule has 1 fully saturated rings. The van der Waals surface area contributed by atoms with Crippen molar-refractivity contribution in [3.63, 3.8) is 0 Å². The summed E-state index contributed by atoms with van der Waals surface area (Å²) >= 11 is 0. The van der Waals surface area contributed by atoms with Crippen LogP contribution < -0.4 is 10.1 Å². The molecule has 21 heavy (non-hydrogen) atoms. The fourth-order valence-electron chi connectivity index (χ4n) is 2.77. The topological polar surface area (TPSA) is 58.6 Å². The molecule has 1 amide bonds. The van der Waals surface area contributed by atoms with Crippen molar-refractivity contribution in [1.29, 1.82) is 0 Å². The van der Waals surface area contributed by atoms with Crippen LogP contribution in [0.25, 0.3) is 0 Å². The van der Waals surface area contributed by atoms with Crippen LogP contribution in [-0.2, 0) is 0 Å². The lowest BCUT2D eigenvalue weighted by Crippen LogP contribution is -2.32. The van der Waals surface area contributed by atoms with Crippen molar-refractivity contribution in [2.24, 2.45) is 5.92 Å². The largest absolute Gasteiger partial charge is 0.491 e. The number of benzene rings is 1. The van der Waals surface area contributed by atoms with Crippen LogP contribution in [0.15, 0.2) is 24.3 Å². The summed E-state index contributed by atoms with van der Waals surface area (Å²) in [6.07, 6.45) is 3.68. The van der Waals surface area contributed by atoms with E-state index in [4.69, 9.17) is 4.74 Å². The van der Waals surface area contributed by atoms with E-state index in [9.17, 15) is 9.90 Å². The number of amides is 1. The number of hydrogen-bond acceptors (Lipinski definition) is 3. The highest BCUT2D eigenvalue weighted by Crippen LogP contribution is 2.23. The molecule has 0 bridgehead atoms. The van der Waals surface area contributed by atoms with E-state index < -0.39 is 0 Å². The maximum atomic E-state index is 12.2. The number of hydrogen-bond donors (Lipinski definition) is 2. The first kappa shape index (κ1) is 15.8. The second-order valence-corrected chi connectivity index (χ2v) is 6.09. The van der Waals surface area contributed by atoms with Gasteiger partial charge in [-0.25, -0.2) is 0 Å². The summed E-state index contributed by atoms with van der Waals surface area (Å²) in [5.74, 6) is 1.02. The van der Waals surface area contributed by atoms with Gasteiger partial charge in [0.25, 0.3) is 5.91 Å². The third kappa shape index (κ3) is 5.05. The standard InChI is InChI=1S/C17H25NO3/c1-12(2)21-16-8-4-6-14(10-16)17(20)18-11-13-5-3-7-15(19)9-13/h4,6,8,10,12-13,15,19H,3,5,7,9,11H2,1-2H3,(H,18,20). The summed E-state index contributed by atoms with van der Waals surface area (Å²) in [5, 5.41) is 12.6. The van der Waals surface area contributed by atoms with Crippen LogP contribution in [0, 0.1) is 5.92 Å². The van der Waals surface area contributed by atoms with Crippen molar-refractivity contribution in [2.45, 2.75) is 51.7 Å². The predicted molar refractivity (Wildman–Crippen MR) is 82.5 cm³/mol. The number of aliphatic hydroxyl groups is 1. The van der Waals surface area contributed by atoms with Gasteiger partial charge in [0.15, 0.2) is 0 Å². The molecule has 4 nitrogen and oxygen atoms in total. The minimum atomic E-state index is -0.205. The third-order valence-electron chi connectivity index (χ3n) is 3.77. The minimum Gasteiger partial charge on any atom is -0.491 e. The number of ether oxygens (including phenoxy) is 1. The van der Waals surface area contributed by atoms with Crippen LogP contribution in [0.5, 0.6) is 5.75 Å². The zero-order valence-electron chi connectivity index (χ0n) is 12.8. The van der Waals surface area contributed by atoms with Crippen molar-refractivity contribution >= 4 is 5.91 Å². The molecule has 1 aromatic rings. The van der Waals surface area contributed by atoms with Crippen molar-refractivity contribution in [3.05, 3.63) is 29.8 Å². The summed E-state index contributed by atoms with van der Waals surface area (Å²) < 4.78 is 5.60. The van der Waals surface area contributed by atoms with Gasteiger partial charge >= 0.3 is 0 Å². The maximum absolute atomic E-state index is 12.2. The van der Waals surface area contributed by atoms with Gasteiger partial charge in [-0.1, -0.05) is 12.5 Å². The van der Waals surface area contributed by atoms with Crippen LogP contribution in [0.4, 0.5) is 0 Å². The van der Waals surface area contributed by atoms with Crippen LogP contribution in [0.2, 0.25) is 0 Å². The Morgan fingerprint density at radius 2 is 2.24 bits per heavy atom. The smallest absolute Gasteiger partial charge is 0.251 e. The molecule has 0 spiro atoms. The molecular weight excluding hydrogens is 266 g/mol. The molecule has 1 aromatic carbocycles. The number of nitrogens with one attached hydrogen (secondary N) is 1. The highest BCUT2D eigenvalue weighted by atomic mass is 16.5. The lowest BCUT2D eigenvalue weighted by Gasteiger charge is -2.25. The minimum absolute atomic E-state index is 0.0794. The Hall–Kier alpha value is -1.55. The number of aliphatic hydroxyl groups excluding tert-OH is 1. The first-order chi connectivity index (χ1) is 10.0. The number of carbonyl (C=O) groups is 1. The van der Waals surface area contributed by atoms with E-state index in [1.54, 1.807) is 12.1 Å². The summed E-state index contributed by atoms with van der Waals surface area (Å²) in [6, 6.07) is 7.24. The Morgan fingerprint density at radius 1 is 1.43 bits per heavy atom. The molecule has 116 valence electrons. The monoisotopic (exact) mass is 291 g/mol. The highest BCUT2D eigenvalue weighted by Gasteiger charge is 2.20. The lowest BCUT2D eigenvalue weighted by molar-refractivity contribution is 0.0873. The number of rotatable bonds is 5. The molecule has 2 rings (SSSR count). The average Bonchev–Trinajstić information content (AvgIpc) is 2.44. The van der Waals surface area contributed by atoms with Gasteiger partial charge in [0, 0.05) is 12.1 Å². The normalized spacial score (nSPS) is 22.1. The molecule has 0 aliphatic heterocycles. The Morgan fingerprint density at radius 3 is 2.95 bits per heavy atom. The Bertz CT molecular complexity index is 473. The van der Waals surface area contributed by atoms with E-state index >= 15 is 0 Å². The molecule has 4 heteroatoms. The van der Waals surface area contributed by atoms with Gasteiger partial charge in [0.05, 0.1) is 12.2 Å². The number of carbonyl (C=O) groups excluding carboxylic acids is 1. The van der Waals surface area contributed by atoms with E-state index in [0.29, 0.717) is 23.8 Å². The van der Waals surface area contributed by atoms with Crippen molar-refractivity contribution in [3.8, 4) is 5.75 Å². The maximum Gasteiger partial charge on any atom is 0.251 e. The Balaban J connectivity index is 1.88. The van der Waals surface area contributed by atoms with Crippen LogP contribution in [0.1, 0.15) is 49.9 Å². The van der Waals surface area contributed by atoms with Gasteiger partial charge in [0.2, 0.25) is 0 Å². The molecule has 1 aliphatic rings. The van der Waals surface area contributed by atoms with Gasteiger partial charge in [-0.05, 0) is 57.2 Å². The molecule has 1 saturated carbocycles. The lowest BCUT2D eigenvalue weighted by atomic mass is 9.87. The van der Waals surface area contributed by atoms with Crippen LogP contribution in [-0.4, -0.2) is 29.8 Å². The zero-order valence-corrected chi connectivity index (χ0v) is 12.8. The molecule has 2 atom stereocenters. The molecule has 0 aromatic heterocycles. The van der Waals surface area contributed by atoms with Gasteiger partial charge < -0.3 is 15.2 Å². The fourth-order valence-corrected chi connectivity index (χ4v) is 2.77. The summed E-state index contributed by atoms with van der Waals surface area (Å²) in [6.45, 7) is 4.55. The van der Waals surface area contributed by atoms with E-state index in [-0.39, 0.29) is 18.1 Å². The first-order valence-electron chi connectivity index (χ1n) is 7.77. The van der Waals surface area contributed by atoms with Gasteiger partial charge in [0.1, 0.15) is 5.75 Å². The Kier molecular flexibility index (Phi) is 5.62. The van der Waals surface area contributed by atoms with E-state index in [1.807, 2.05) is 26.0 Å². The van der Waals surface area contributed by atoms with Crippen molar-refractivity contribution in [2.75, 3.05) is 6.54 Å². The zero-order chi connectivity index (χ0) is 15.2. The third-order valence-corrected chi connectivity index (χ3v) is 3.77. The quantitative estimate of drug-likeness (QED) is 0.877. The van der Waals surface area contributed by atoms with Gasteiger partial charge in [-0.15, -0.1) is 0 Å². The molecule has 0 heterocycles. The van der Waals surface area contributed by atoms with Gasteiger partial charge in [-0.3, -0.25) is 4.79 Å². The molecule has 0 saturated heterocycles. The molecule has 1 aliphatic carbocycles. The van der Waals surface area contributed by atoms with Gasteiger partial charge in [-0.2, -0.15) is 0 Å². The van der Waals surface area contributed by atoms with E-state index in [1.165, 1.54) is 0 Å². The first-order valence-corrected chi connectivity index (χ1v) is 7.77. The summed E-state index contributed by atoms with van der Waals surface area (Å²) in [4.78, 5) is 12.2. The molecule has 2 unspecified atom stereocenters. The second-order valence-electron chi connectivity index (χ2n) is 6.09. The SMILES string of the molecule is CC(C)Oc1cccc(C(=O)NCC2CCCC(O)C2)c1. The predicted octanol–water partition coefficient (Wildman–Crippen LogP) is 2.75. The van der Waals surface area contributed by atoms with Crippen molar-refractivity contribution < 1.29 is 14.6 Å². The fraction of sp³-hybridized carbons (Fsp3) is 0.588. The van der Waals surface area contributed by atoms with E-state index in [0.717, 1.165) is 25.7 Å². The molecule has 2 N–H and O–H groups in total. The summed E-state index contributed by atoms with van der Waals surface area (Å²) in [5.41, 5.74) is 0.615. The summed E-state index contributed by atoms with van der Waals surface area (Å²) in [7, 11) is 0. The second kappa shape index (κ2) is 7.46. The van der Waals surface area contributed by atoms with Crippen LogP contribution >= 0.6 is 0 Å². The van der Waals surface area contributed by atoms with Crippen molar-refractivity contribution in [1.82, 2.24) is 5.32 Å². The van der Waals surface area contributed by atoms with E-state index in [2.05, 4.69) is 5.32 Å². The highest BCUT2D eigenvalue weighted by molar-refractivity contribution is 5.94. The molecular formula is C17H25NO3. The average molecular weight is 291 g/mol. The Labute approximate surface area is 126 Å². The van der Waals surface area contributed by atoms with Crippen LogP contribution in [0.3, 0.4) is 0 Å².